The fraction of sp³-hybridized carbons (Fsp3) is 0.526. The molecule has 0 aromatic carbocycles. The molecule has 26 heavy (non-hydrogen) atoms. The fourth-order valence-electron chi connectivity index (χ4n) is 3.19. The number of hydrogen-bond acceptors (Lipinski definition) is 5. The Kier molecular flexibility index (Phi) is 6.22. The maximum absolute atomic E-state index is 12.5. The van der Waals surface area contributed by atoms with Gasteiger partial charge in [-0.15, -0.1) is 0 Å². The molecule has 2 atom stereocenters. The van der Waals surface area contributed by atoms with Crippen molar-refractivity contribution in [3.05, 3.63) is 42.5 Å². The first-order valence-corrected chi connectivity index (χ1v) is 9.15. The van der Waals surface area contributed by atoms with E-state index in [1.165, 1.54) is 0 Å². The van der Waals surface area contributed by atoms with Gasteiger partial charge in [-0.2, -0.15) is 5.10 Å². The van der Waals surface area contributed by atoms with Gasteiger partial charge in [0.2, 0.25) is 5.91 Å². The molecule has 7 nitrogen and oxygen atoms in total. The van der Waals surface area contributed by atoms with Crippen molar-refractivity contribution in [3.63, 3.8) is 0 Å². The second-order valence-electron chi connectivity index (χ2n) is 6.64. The molecule has 2 aromatic rings. The largest absolute Gasteiger partial charge is 0.486 e. The van der Waals surface area contributed by atoms with E-state index in [-0.39, 0.29) is 12.0 Å². The Morgan fingerprint density at radius 3 is 2.92 bits per heavy atom. The van der Waals surface area contributed by atoms with E-state index in [1.807, 2.05) is 40.9 Å². The molecule has 0 spiro atoms. The number of nitrogens with zero attached hydrogens (tertiary/aromatic N) is 4. The number of aliphatic hydroxyl groups excluding tert-OH is 1. The SMILES string of the molecule is Cc1ncccc1O[C@H]1CCN(C(=O)CCCn2cccn2)CC[C@@H]1O. The van der Waals surface area contributed by atoms with Gasteiger partial charge in [0.05, 0.1) is 11.8 Å². The molecular formula is C19H26N4O3. The Morgan fingerprint density at radius 1 is 1.31 bits per heavy atom. The number of aliphatic hydroxyl groups is 1. The monoisotopic (exact) mass is 358 g/mol. The van der Waals surface area contributed by atoms with Gasteiger partial charge in [-0.3, -0.25) is 14.5 Å². The van der Waals surface area contributed by atoms with Gasteiger partial charge in [-0.05, 0) is 38.0 Å². The van der Waals surface area contributed by atoms with E-state index >= 15 is 0 Å². The van der Waals surface area contributed by atoms with E-state index in [0.29, 0.717) is 38.1 Å². The molecule has 0 aliphatic carbocycles. The molecule has 1 aliphatic rings. The van der Waals surface area contributed by atoms with Gasteiger partial charge in [-0.1, -0.05) is 0 Å². The predicted octanol–water partition coefficient (Wildman–Crippen LogP) is 1.80. The Hall–Kier alpha value is -2.41. The minimum absolute atomic E-state index is 0.127. The normalized spacial score (nSPS) is 20.6. The number of aromatic nitrogens is 3. The highest BCUT2D eigenvalue weighted by atomic mass is 16.5. The van der Waals surface area contributed by atoms with Crippen molar-refractivity contribution in [1.82, 2.24) is 19.7 Å². The van der Waals surface area contributed by atoms with Gasteiger partial charge in [-0.25, -0.2) is 0 Å². The molecule has 3 heterocycles. The van der Waals surface area contributed by atoms with E-state index in [4.69, 9.17) is 4.74 Å². The van der Waals surface area contributed by atoms with Crippen molar-refractivity contribution in [1.29, 1.82) is 0 Å². The minimum Gasteiger partial charge on any atom is -0.486 e. The summed E-state index contributed by atoms with van der Waals surface area (Å²) < 4.78 is 7.81. The first-order chi connectivity index (χ1) is 12.6. The van der Waals surface area contributed by atoms with Gasteiger partial charge in [0.25, 0.3) is 0 Å². The highest BCUT2D eigenvalue weighted by molar-refractivity contribution is 5.76. The summed E-state index contributed by atoms with van der Waals surface area (Å²) in [7, 11) is 0. The number of hydrogen-bond donors (Lipinski definition) is 1. The van der Waals surface area contributed by atoms with Crippen LogP contribution in [0.5, 0.6) is 5.75 Å². The molecule has 3 rings (SSSR count). The van der Waals surface area contributed by atoms with Crippen LogP contribution in [-0.2, 0) is 11.3 Å². The van der Waals surface area contributed by atoms with Crippen LogP contribution in [0.15, 0.2) is 36.8 Å². The summed E-state index contributed by atoms with van der Waals surface area (Å²) >= 11 is 0. The molecule has 0 saturated carbocycles. The Balaban J connectivity index is 1.49. The van der Waals surface area contributed by atoms with Crippen molar-refractivity contribution in [3.8, 4) is 5.75 Å². The second kappa shape index (κ2) is 8.80. The lowest BCUT2D eigenvalue weighted by atomic mass is 10.1. The van der Waals surface area contributed by atoms with Crippen LogP contribution >= 0.6 is 0 Å². The molecule has 7 heteroatoms. The van der Waals surface area contributed by atoms with Gasteiger partial charge in [0.1, 0.15) is 11.9 Å². The number of aryl methyl sites for hydroxylation is 2. The molecule has 2 aromatic heterocycles. The lowest BCUT2D eigenvalue weighted by Crippen LogP contribution is -2.32. The zero-order valence-corrected chi connectivity index (χ0v) is 15.1. The number of amides is 1. The average Bonchev–Trinajstić information content (AvgIpc) is 3.08. The van der Waals surface area contributed by atoms with Crippen molar-refractivity contribution in [2.75, 3.05) is 13.1 Å². The van der Waals surface area contributed by atoms with Crippen LogP contribution in [0.2, 0.25) is 0 Å². The fourth-order valence-corrected chi connectivity index (χ4v) is 3.19. The van der Waals surface area contributed by atoms with Crippen molar-refractivity contribution in [2.24, 2.45) is 0 Å². The number of carbonyl (C=O) groups is 1. The van der Waals surface area contributed by atoms with Crippen LogP contribution in [0.4, 0.5) is 0 Å². The zero-order valence-electron chi connectivity index (χ0n) is 15.1. The van der Waals surface area contributed by atoms with Crippen LogP contribution < -0.4 is 4.74 Å². The van der Waals surface area contributed by atoms with Crippen molar-refractivity contribution < 1.29 is 14.6 Å². The quantitative estimate of drug-likeness (QED) is 0.852. The number of carbonyl (C=O) groups excluding carboxylic acids is 1. The molecule has 0 unspecified atom stereocenters. The molecular weight excluding hydrogens is 332 g/mol. The van der Waals surface area contributed by atoms with Crippen LogP contribution in [0.1, 0.15) is 31.4 Å². The summed E-state index contributed by atoms with van der Waals surface area (Å²) in [6, 6.07) is 5.56. The van der Waals surface area contributed by atoms with Gasteiger partial charge < -0.3 is 14.7 Å². The van der Waals surface area contributed by atoms with Gasteiger partial charge in [0.15, 0.2) is 0 Å². The minimum atomic E-state index is -0.587. The van der Waals surface area contributed by atoms with Crippen LogP contribution in [-0.4, -0.2) is 56.0 Å². The molecule has 1 aliphatic heterocycles. The summed E-state index contributed by atoms with van der Waals surface area (Å²) in [6.45, 7) is 3.78. The van der Waals surface area contributed by atoms with Crippen LogP contribution in [0, 0.1) is 6.92 Å². The summed E-state index contributed by atoms with van der Waals surface area (Å²) in [5.41, 5.74) is 0.801. The summed E-state index contributed by atoms with van der Waals surface area (Å²) in [5.74, 6) is 0.818. The van der Waals surface area contributed by atoms with Gasteiger partial charge >= 0.3 is 0 Å². The van der Waals surface area contributed by atoms with E-state index in [1.54, 1.807) is 12.4 Å². The molecule has 1 N–H and O–H groups in total. The molecule has 0 radical (unpaired) electrons. The maximum atomic E-state index is 12.5. The Labute approximate surface area is 153 Å². The Morgan fingerprint density at radius 2 is 2.15 bits per heavy atom. The lowest BCUT2D eigenvalue weighted by Gasteiger charge is -2.22. The summed E-state index contributed by atoms with van der Waals surface area (Å²) in [4.78, 5) is 18.5. The molecule has 140 valence electrons. The Bertz CT molecular complexity index is 705. The molecule has 0 bridgehead atoms. The van der Waals surface area contributed by atoms with Gasteiger partial charge in [0, 0.05) is 51.1 Å². The van der Waals surface area contributed by atoms with Crippen molar-refractivity contribution in [2.45, 2.75) is 51.4 Å². The smallest absolute Gasteiger partial charge is 0.222 e. The summed E-state index contributed by atoms with van der Waals surface area (Å²) in [5, 5.41) is 14.6. The van der Waals surface area contributed by atoms with Crippen LogP contribution in [0.3, 0.4) is 0 Å². The standard InChI is InChI=1S/C19H26N4O3/c1-15-17(5-2-9-20-15)26-18-8-14-22(13-7-16(18)24)19(25)6-3-11-23-12-4-10-21-23/h2,4-5,9-10,12,16,18,24H,3,6-8,11,13-14H2,1H3/t16-,18-/m0/s1. The lowest BCUT2D eigenvalue weighted by molar-refractivity contribution is -0.131. The molecule has 1 amide bonds. The third kappa shape index (κ3) is 4.82. The van der Waals surface area contributed by atoms with E-state index in [0.717, 1.165) is 18.7 Å². The third-order valence-corrected chi connectivity index (χ3v) is 4.73. The average molecular weight is 358 g/mol. The van der Waals surface area contributed by atoms with E-state index in [2.05, 4.69) is 10.1 Å². The number of pyridine rings is 1. The zero-order chi connectivity index (χ0) is 18.4. The van der Waals surface area contributed by atoms with Crippen LogP contribution in [0.25, 0.3) is 0 Å². The van der Waals surface area contributed by atoms with Crippen molar-refractivity contribution >= 4 is 5.91 Å². The number of ether oxygens (including phenoxy) is 1. The predicted molar refractivity (Wildman–Crippen MR) is 96.7 cm³/mol. The molecule has 1 fully saturated rings. The second-order valence-corrected chi connectivity index (χ2v) is 6.64. The highest BCUT2D eigenvalue weighted by Crippen LogP contribution is 2.22. The number of rotatable bonds is 6. The third-order valence-electron chi connectivity index (χ3n) is 4.73. The maximum Gasteiger partial charge on any atom is 0.222 e. The van der Waals surface area contributed by atoms with E-state index < -0.39 is 6.10 Å². The first kappa shape index (κ1) is 18.4. The molecule has 1 saturated heterocycles. The number of likely N-dealkylation sites (tertiary alicyclic amines) is 1. The van der Waals surface area contributed by atoms with E-state index in [9.17, 15) is 9.90 Å². The summed E-state index contributed by atoms with van der Waals surface area (Å²) in [6.07, 6.45) is 6.83. The highest BCUT2D eigenvalue weighted by Gasteiger charge is 2.28. The first-order valence-electron chi connectivity index (χ1n) is 9.15. The topological polar surface area (TPSA) is 80.5 Å².